The van der Waals surface area contributed by atoms with Crippen molar-refractivity contribution in [1.29, 1.82) is 0 Å². The normalized spacial score (nSPS) is 10.7. The molecule has 26 heavy (non-hydrogen) atoms. The van der Waals surface area contributed by atoms with Crippen LogP contribution in [0.3, 0.4) is 0 Å². The van der Waals surface area contributed by atoms with Gasteiger partial charge in [-0.2, -0.15) is 0 Å². The van der Waals surface area contributed by atoms with E-state index in [-0.39, 0.29) is 18.8 Å². The number of rotatable bonds is 6. The number of carbonyl (C=O) groups is 2. The molecule has 0 aliphatic heterocycles. The molecular formula is C20H23NO5. The lowest BCUT2D eigenvalue weighted by Gasteiger charge is -2.19. The summed E-state index contributed by atoms with van der Waals surface area (Å²) in [4.78, 5) is 23.2. The van der Waals surface area contributed by atoms with Crippen molar-refractivity contribution in [2.75, 3.05) is 13.3 Å². The van der Waals surface area contributed by atoms with Gasteiger partial charge in [-0.3, -0.25) is 5.32 Å². The van der Waals surface area contributed by atoms with Gasteiger partial charge in [-0.15, -0.1) is 0 Å². The fourth-order valence-corrected chi connectivity index (χ4v) is 2.04. The lowest BCUT2D eigenvalue weighted by Crippen LogP contribution is -2.31. The number of ether oxygens (including phenoxy) is 3. The molecule has 138 valence electrons. The molecule has 2 rings (SSSR count). The van der Waals surface area contributed by atoms with Crippen LogP contribution < -0.4 is 14.8 Å². The van der Waals surface area contributed by atoms with Crippen molar-refractivity contribution in [2.24, 2.45) is 0 Å². The molecule has 2 aromatic carbocycles. The molecule has 0 radical (unpaired) electrons. The summed E-state index contributed by atoms with van der Waals surface area (Å²) in [7, 11) is 0. The number of esters is 1. The standard InChI is InChI=1S/C20H23NO5/c1-20(2,3)15-9-11-16(12-10-15)24-13-18(22)25-14-21-19(23)26-17-7-5-4-6-8-17/h4-12H,13-14H2,1-3H3,(H,21,23). The quantitative estimate of drug-likeness (QED) is 0.631. The third kappa shape index (κ3) is 6.47. The average Bonchev–Trinajstić information content (AvgIpc) is 2.60. The molecule has 0 bridgehead atoms. The molecule has 1 N–H and O–H groups in total. The minimum Gasteiger partial charge on any atom is -0.482 e. The molecule has 0 aliphatic rings. The van der Waals surface area contributed by atoms with Crippen molar-refractivity contribution in [3.8, 4) is 11.5 Å². The first-order valence-corrected chi connectivity index (χ1v) is 8.24. The molecular weight excluding hydrogens is 334 g/mol. The van der Waals surface area contributed by atoms with Crippen LogP contribution in [0, 0.1) is 0 Å². The topological polar surface area (TPSA) is 73.9 Å². The number of nitrogens with one attached hydrogen (secondary N) is 1. The van der Waals surface area contributed by atoms with Gasteiger partial charge in [-0.25, -0.2) is 9.59 Å². The number of benzene rings is 2. The fourth-order valence-electron chi connectivity index (χ4n) is 2.04. The molecule has 0 saturated carbocycles. The van der Waals surface area contributed by atoms with Gasteiger partial charge in [0.25, 0.3) is 0 Å². The molecule has 6 nitrogen and oxygen atoms in total. The molecule has 0 fully saturated rings. The van der Waals surface area contributed by atoms with Crippen LogP contribution in [-0.4, -0.2) is 25.4 Å². The summed E-state index contributed by atoms with van der Waals surface area (Å²) in [6.07, 6.45) is -0.706. The summed E-state index contributed by atoms with van der Waals surface area (Å²) in [6, 6.07) is 16.1. The van der Waals surface area contributed by atoms with E-state index in [0.717, 1.165) is 0 Å². The summed E-state index contributed by atoms with van der Waals surface area (Å²) in [6.45, 7) is 5.82. The molecule has 0 atom stereocenters. The Kier molecular flexibility index (Phi) is 6.60. The monoisotopic (exact) mass is 357 g/mol. The number of amides is 1. The maximum absolute atomic E-state index is 11.6. The van der Waals surface area contributed by atoms with Crippen LogP contribution in [0.25, 0.3) is 0 Å². The summed E-state index contributed by atoms with van der Waals surface area (Å²) < 4.78 is 15.2. The Morgan fingerprint density at radius 1 is 0.923 bits per heavy atom. The van der Waals surface area contributed by atoms with Crippen LogP contribution in [0.15, 0.2) is 54.6 Å². The van der Waals surface area contributed by atoms with Gasteiger partial charge in [0.2, 0.25) is 0 Å². The minimum atomic E-state index is -0.706. The zero-order chi connectivity index (χ0) is 19.0. The maximum Gasteiger partial charge on any atom is 0.415 e. The molecule has 0 unspecified atom stereocenters. The second-order valence-corrected chi connectivity index (χ2v) is 6.60. The number of hydrogen-bond acceptors (Lipinski definition) is 5. The van der Waals surface area contributed by atoms with E-state index in [1.165, 1.54) is 5.56 Å². The number of hydrogen-bond donors (Lipinski definition) is 1. The van der Waals surface area contributed by atoms with Crippen molar-refractivity contribution in [3.63, 3.8) is 0 Å². The van der Waals surface area contributed by atoms with Crippen molar-refractivity contribution < 1.29 is 23.8 Å². The van der Waals surface area contributed by atoms with Crippen molar-refractivity contribution in [2.45, 2.75) is 26.2 Å². The average molecular weight is 357 g/mol. The zero-order valence-electron chi connectivity index (χ0n) is 15.2. The van der Waals surface area contributed by atoms with E-state index in [1.807, 2.05) is 30.3 Å². The van der Waals surface area contributed by atoms with Crippen LogP contribution in [0.5, 0.6) is 11.5 Å². The Labute approximate surface area is 153 Å². The second-order valence-electron chi connectivity index (χ2n) is 6.60. The maximum atomic E-state index is 11.6. The smallest absolute Gasteiger partial charge is 0.415 e. The second kappa shape index (κ2) is 8.89. The molecule has 2 aromatic rings. The summed E-state index contributed by atoms with van der Waals surface area (Å²) in [5.41, 5.74) is 1.23. The third-order valence-corrected chi connectivity index (χ3v) is 3.48. The van der Waals surface area contributed by atoms with Crippen molar-refractivity contribution >= 4 is 12.1 Å². The lowest BCUT2D eigenvalue weighted by atomic mass is 9.87. The van der Waals surface area contributed by atoms with Crippen molar-refractivity contribution in [1.82, 2.24) is 5.32 Å². The summed E-state index contributed by atoms with van der Waals surface area (Å²) in [5, 5.41) is 2.32. The zero-order valence-corrected chi connectivity index (χ0v) is 15.2. The summed E-state index contributed by atoms with van der Waals surface area (Å²) in [5.74, 6) is 0.384. The van der Waals surface area contributed by atoms with Gasteiger partial charge in [0.05, 0.1) is 0 Å². The summed E-state index contributed by atoms with van der Waals surface area (Å²) >= 11 is 0. The van der Waals surface area contributed by atoms with Crippen LogP contribution in [-0.2, 0) is 14.9 Å². The molecule has 1 amide bonds. The lowest BCUT2D eigenvalue weighted by molar-refractivity contribution is -0.146. The molecule has 0 heterocycles. The highest BCUT2D eigenvalue weighted by Crippen LogP contribution is 2.24. The largest absolute Gasteiger partial charge is 0.482 e. The highest BCUT2D eigenvalue weighted by Gasteiger charge is 2.13. The van der Waals surface area contributed by atoms with E-state index >= 15 is 0 Å². The van der Waals surface area contributed by atoms with Gasteiger partial charge in [0.1, 0.15) is 11.5 Å². The van der Waals surface area contributed by atoms with Gasteiger partial charge >= 0.3 is 12.1 Å². The van der Waals surface area contributed by atoms with Gasteiger partial charge in [-0.05, 0) is 35.2 Å². The number of carbonyl (C=O) groups excluding carboxylic acids is 2. The van der Waals surface area contributed by atoms with E-state index in [0.29, 0.717) is 11.5 Å². The molecule has 0 aromatic heterocycles. The van der Waals surface area contributed by atoms with E-state index < -0.39 is 12.1 Å². The first-order chi connectivity index (χ1) is 12.3. The predicted octanol–water partition coefficient (Wildman–Crippen LogP) is 3.65. The Hall–Kier alpha value is -3.02. The highest BCUT2D eigenvalue weighted by molar-refractivity contribution is 5.72. The first-order valence-electron chi connectivity index (χ1n) is 8.24. The van der Waals surface area contributed by atoms with E-state index in [9.17, 15) is 9.59 Å². The van der Waals surface area contributed by atoms with Crippen LogP contribution in [0.1, 0.15) is 26.3 Å². The Morgan fingerprint density at radius 2 is 1.58 bits per heavy atom. The van der Waals surface area contributed by atoms with Crippen LogP contribution in [0.4, 0.5) is 4.79 Å². The Balaban J connectivity index is 1.66. The highest BCUT2D eigenvalue weighted by atomic mass is 16.6. The van der Waals surface area contributed by atoms with Gasteiger partial charge < -0.3 is 14.2 Å². The predicted molar refractivity (Wildman–Crippen MR) is 97.2 cm³/mol. The van der Waals surface area contributed by atoms with Crippen LogP contribution >= 0.6 is 0 Å². The van der Waals surface area contributed by atoms with E-state index in [4.69, 9.17) is 14.2 Å². The van der Waals surface area contributed by atoms with Gasteiger partial charge in [-0.1, -0.05) is 51.1 Å². The van der Waals surface area contributed by atoms with Gasteiger partial charge in [0.15, 0.2) is 13.3 Å². The number of para-hydroxylation sites is 1. The molecule has 0 spiro atoms. The fraction of sp³-hybridized carbons (Fsp3) is 0.300. The van der Waals surface area contributed by atoms with Crippen molar-refractivity contribution in [3.05, 3.63) is 60.2 Å². The van der Waals surface area contributed by atoms with Crippen LogP contribution in [0.2, 0.25) is 0 Å². The van der Waals surface area contributed by atoms with Gasteiger partial charge in [0, 0.05) is 0 Å². The molecule has 0 aliphatic carbocycles. The van der Waals surface area contributed by atoms with E-state index in [2.05, 4.69) is 26.1 Å². The van der Waals surface area contributed by atoms with E-state index in [1.54, 1.807) is 24.3 Å². The molecule has 0 saturated heterocycles. The minimum absolute atomic E-state index is 0.0531. The Morgan fingerprint density at radius 3 is 2.19 bits per heavy atom. The Bertz CT molecular complexity index is 720. The SMILES string of the molecule is CC(C)(C)c1ccc(OCC(=O)OCNC(=O)Oc2ccccc2)cc1. The molecule has 6 heteroatoms. The third-order valence-electron chi connectivity index (χ3n) is 3.48. The first kappa shape index (κ1) is 19.3.